The van der Waals surface area contributed by atoms with E-state index in [4.69, 9.17) is 11.1 Å². The molecular formula is C7H9ClFN3. The average molecular weight is 190 g/mol. The van der Waals surface area contributed by atoms with Crippen molar-refractivity contribution in [2.45, 2.75) is 6.67 Å². The summed E-state index contributed by atoms with van der Waals surface area (Å²) in [6, 6.07) is 3.03. The minimum atomic E-state index is -0.624. The highest BCUT2D eigenvalue weighted by Crippen LogP contribution is 2.01. The molecule has 0 atom stereocenters. The van der Waals surface area contributed by atoms with Gasteiger partial charge in [-0.25, -0.2) is 4.39 Å². The summed E-state index contributed by atoms with van der Waals surface area (Å²) in [7, 11) is 0. The van der Waals surface area contributed by atoms with Crippen molar-refractivity contribution in [2.24, 2.45) is 5.73 Å². The van der Waals surface area contributed by atoms with E-state index >= 15 is 0 Å². The van der Waals surface area contributed by atoms with Gasteiger partial charge in [-0.2, -0.15) is 0 Å². The van der Waals surface area contributed by atoms with Gasteiger partial charge < -0.3 is 5.73 Å². The monoisotopic (exact) mass is 189 g/mol. The quantitative estimate of drug-likeness (QED) is 0.544. The van der Waals surface area contributed by atoms with Gasteiger partial charge in [0.15, 0.2) is 0 Å². The van der Waals surface area contributed by atoms with E-state index in [1.807, 2.05) is 0 Å². The Balaban J connectivity index is 0.00000121. The van der Waals surface area contributed by atoms with Crippen LogP contribution in [0.1, 0.15) is 11.3 Å². The van der Waals surface area contributed by atoms with E-state index in [9.17, 15) is 4.39 Å². The predicted molar refractivity (Wildman–Crippen MR) is 47.3 cm³/mol. The third-order valence-electron chi connectivity index (χ3n) is 1.26. The van der Waals surface area contributed by atoms with Crippen molar-refractivity contribution in [3.63, 3.8) is 0 Å². The Bertz CT molecular complexity index is 277. The third kappa shape index (κ3) is 2.47. The van der Waals surface area contributed by atoms with Crippen LogP contribution in [0.2, 0.25) is 0 Å². The fourth-order valence-electron chi connectivity index (χ4n) is 0.719. The molecule has 12 heavy (non-hydrogen) atoms. The highest BCUT2D eigenvalue weighted by atomic mass is 35.5. The molecule has 0 unspecified atom stereocenters. The van der Waals surface area contributed by atoms with Gasteiger partial charge in [0.05, 0.1) is 5.69 Å². The molecule has 5 heteroatoms. The van der Waals surface area contributed by atoms with Crippen LogP contribution >= 0.6 is 12.4 Å². The summed E-state index contributed by atoms with van der Waals surface area (Å²) in [5.41, 5.74) is 5.98. The largest absolute Gasteiger partial charge is 0.384 e. The summed E-state index contributed by atoms with van der Waals surface area (Å²) >= 11 is 0. The van der Waals surface area contributed by atoms with Gasteiger partial charge in [0.2, 0.25) is 0 Å². The molecule has 0 aliphatic heterocycles. The topological polar surface area (TPSA) is 62.8 Å². The Morgan fingerprint density at radius 3 is 2.83 bits per heavy atom. The van der Waals surface area contributed by atoms with Crippen molar-refractivity contribution >= 4 is 18.2 Å². The van der Waals surface area contributed by atoms with Crippen molar-refractivity contribution in [1.29, 1.82) is 5.41 Å². The van der Waals surface area contributed by atoms with Crippen LogP contribution in [0, 0.1) is 5.41 Å². The van der Waals surface area contributed by atoms with Gasteiger partial charge in [-0.1, -0.05) is 0 Å². The van der Waals surface area contributed by atoms with Gasteiger partial charge in [-0.05, 0) is 12.1 Å². The average Bonchev–Trinajstić information content (AvgIpc) is 2.05. The van der Waals surface area contributed by atoms with E-state index in [2.05, 4.69) is 4.98 Å². The lowest BCUT2D eigenvalue weighted by Crippen LogP contribution is -2.11. The Hall–Kier alpha value is -1.16. The molecule has 0 fully saturated rings. The number of aromatic nitrogens is 1. The van der Waals surface area contributed by atoms with Gasteiger partial charge >= 0.3 is 0 Å². The first kappa shape index (κ1) is 10.8. The maximum atomic E-state index is 12.0. The molecule has 3 N–H and O–H groups in total. The number of nitrogens with two attached hydrogens (primary N) is 1. The molecule has 66 valence electrons. The van der Waals surface area contributed by atoms with Crippen molar-refractivity contribution in [3.05, 3.63) is 29.6 Å². The minimum Gasteiger partial charge on any atom is -0.384 e. The zero-order chi connectivity index (χ0) is 8.27. The number of rotatable bonds is 2. The molecule has 0 bridgehead atoms. The lowest BCUT2D eigenvalue weighted by atomic mass is 10.2. The lowest BCUT2D eigenvalue weighted by molar-refractivity contribution is 0.476. The number of amidine groups is 1. The number of hydrogen-bond donors (Lipinski definition) is 2. The molecule has 1 heterocycles. The van der Waals surface area contributed by atoms with Gasteiger partial charge in [0.1, 0.15) is 12.5 Å². The van der Waals surface area contributed by atoms with Gasteiger partial charge in [-0.3, -0.25) is 10.4 Å². The van der Waals surface area contributed by atoms with E-state index in [1.165, 1.54) is 12.3 Å². The molecule has 0 radical (unpaired) electrons. The number of nitrogens with one attached hydrogen (secondary N) is 1. The van der Waals surface area contributed by atoms with Crippen LogP contribution in [0.15, 0.2) is 18.3 Å². The van der Waals surface area contributed by atoms with Crippen LogP contribution in [0.25, 0.3) is 0 Å². The van der Waals surface area contributed by atoms with Crippen LogP contribution in [-0.4, -0.2) is 10.8 Å². The number of pyridine rings is 1. The van der Waals surface area contributed by atoms with Crippen LogP contribution in [-0.2, 0) is 6.67 Å². The molecule has 1 rings (SSSR count). The first-order valence-corrected chi connectivity index (χ1v) is 3.09. The van der Waals surface area contributed by atoms with E-state index < -0.39 is 6.67 Å². The summed E-state index contributed by atoms with van der Waals surface area (Å²) in [6.45, 7) is -0.624. The van der Waals surface area contributed by atoms with Crippen LogP contribution in [0.4, 0.5) is 4.39 Å². The summed E-state index contributed by atoms with van der Waals surface area (Å²) in [4.78, 5) is 3.71. The Kier molecular flexibility index (Phi) is 4.21. The second kappa shape index (κ2) is 4.66. The lowest BCUT2D eigenvalue weighted by Gasteiger charge is -1.97. The van der Waals surface area contributed by atoms with Crippen LogP contribution < -0.4 is 5.73 Å². The number of hydrogen-bond acceptors (Lipinski definition) is 2. The second-order valence-electron chi connectivity index (χ2n) is 2.08. The van der Waals surface area contributed by atoms with Crippen molar-refractivity contribution in [2.75, 3.05) is 0 Å². The predicted octanol–water partition coefficient (Wildman–Crippen LogP) is 1.26. The molecule has 0 aromatic carbocycles. The van der Waals surface area contributed by atoms with E-state index in [1.54, 1.807) is 6.07 Å². The molecule has 0 saturated carbocycles. The minimum absolute atomic E-state index is 0. The van der Waals surface area contributed by atoms with Gasteiger partial charge in [0, 0.05) is 11.8 Å². The first-order valence-electron chi connectivity index (χ1n) is 3.09. The molecule has 0 aliphatic carbocycles. The number of nitrogens with zero attached hydrogens (tertiary/aromatic N) is 1. The summed E-state index contributed by atoms with van der Waals surface area (Å²) in [6.07, 6.45) is 1.44. The second-order valence-corrected chi connectivity index (χ2v) is 2.08. The molecule has 0 aliphatic rings. The van der Waals surface area contributed by atoms with Crippen molar-refractivity contribution in [3.8, 4) is 0 Å². The third-order valence-corrected chi connectivity index (χ3v) is 1.26. The highest BCUT2D eigenvalue weighted by molar-refractivity contribution is 5.94. The molecule has 0 amide bonds. The smallest absolute Gasteiger partial charge is 0.131 e. The van der Waals surface area contributed by atoms with E-state index in [0.717, 1.165) is 0 Å². The maximum absolute atomic E-state index is 12.0. The molecule has 3 nitrogen and oxygen atoms in total. The molecular weight excluding hydrogens is 181 g/mol. The molecule has 0 saturated heterocycles. The SMILES string of the molecule is Cl.N=C(N)c1ccnc(CF)c1. The fraction of sp³-hybridized carbons (Fsp3) is 0.143. The van der Waals surface area contributed by atoms with Crippen LogP contribution in [0.5, 0.6) is 0 Å². The maximum Gasteiger partial charge on any atom is 0.131 e. The normalized spacial score (nSPS) is 8.75. The van der Waals surface area contributed by atoms with Gasteiger partial charge in [-0.15, -0.1) is 12.4 Å². The van der Waals surface area contributed by atoms with E-state index in [-0.39, 0.29) is 18.2 Å². The first-order chi connectivity index (χ1) is 5.24. The number of nitrogen functional groups attached to an aromatic ring is 1. The number of alkyl halides is 1. The van der Waals surface area contributed by atoms with Gasteiger partial charge in [0.25, 0.3) is 0 Å². The summed E-state index contributed by atoms with van der Waals surface area (Å²) < 4.78 is 12.0. The van der Waals surface area contributed by atoms with E-state index in [0.29, 0.717) is 11.3 Å². The van der Waals surface area contributed by atoms with Crippen LogP contribution in [0.3, 0.4) is 0 Å². The fourth-order valence-corrected chi connectivity index (χ4v) is 0.719. The Labute approximate surface area is 75.7 Å². The molecule has 1 aromatic heterocycles. The molecule has 1 aromatic rings. The standard InChI is InChI=1S/C7H8FN3.ClH/c8-4-6-3-5(7(9)10)1-2-11-6;/h1-3H,4H2,(H3,9,10);1H. The highest BCUT2D eigenvalue weighted by Gasteiger charge is 1.97. The summed E-state index contributed by atoms with van der Waals surface area (Å²) in [5, 5.41) is 7.03. The molecule has 0 spiro atoms. The summed E-state index contributed by atoms with van der Waals surface area (Å²) in [5.74, 6) is -0.0675. The van der Waals surface area contributed by atoms with Crippen molar-refractivity contribution < 1.29 is 4.39 Å². The van der Waals surface area contributed by atoms with Crippen molar-refractivity contribution in [1.82, 2.24) is 4.98 Å². The Morgan fingerprint density at radius 1 is 1.67 bits per heavy atom. The zero-order valence-electron chi connectivity index (χ0n) is 6.25. The Morgan fingerprint density at radius 2 is 2.33 bits per heavy atom. The number of halogens is 2. The zero-order valence-corrected chi connectivity index (χ0v) is 7.07.